The predicted molar refractivity (Wildman–Crippen MR) is 78.2 cm³/mol. The lowest BCUT2D eigenvalue weighted by Crippen LogP contribution is -1.89. The largest absolute Gasteiger partial charge is 0.503 e. The number of Topliss-reactive ketones (excluding diaryl/α,β-unsaturated/α-hetero) is 1. The molecule has 100 valence electrons. The molecule has 1 N–H and O–H groups in total. The highest BCUT2D eigenvalue weighted by molar-refractivity contribution is 9.10. The van der Waals surface area contributed by atoms with Crippen molar-refractivity contribution in [1.29, 1.82) is 0 Å². The smallest absolute Gasteiger partial charge is 0.172 e. The molecule has 0 unspecified atom stereocenters. The van der Waals surface area contributed by atoms with Crippen molar-refractivity contribution in [2.24, 2.45) is 0 Å². The van der Waals surface area contributed by atoms with Crippen molar-refractivity contribution in [2.45, 2.75) is 13.8 Å². The monoisotopic (exact) mass is 341 g/mol. The van der Waals surface area contributed by atoms with Crippen molar-refractivity contribution in [3.05, 3.63) is 27.2 Å². The van der Waals surface area contributed by atoms with Crippen molar-refractivity contribution in [1.82, 2.24) is 4.98 Å². The van der Waals surface area contributed by atoms with E-state index in [4.69, 9.17) is 4.74 Å². The Balaban J connectivity index is 2.56. The third-order valence-corrected chi connectivity index (χ3v) is 4.52. The standard InChI is InChI=1S/C13H12BrNO3S/c1-6-12(7(2)16)19-13(15-6)8-4-9(14)11(17)10(5-8)18-3/h4-5,17H,1-3H3. The van der Waals surface area contributed by atoms with Crippen LogP contribution in [0, 0.1) is 6.92 Å². The highest BCUT2D eigenvalue weighted by Gasteiger charge is 2.16. The Hall–Kier alpha value is -1.40. The average molecular weight is 342 g/mol. The van der Waals surface area contributed by atoms with Gasteiger partial charge in [0, 0.05) is 12.5 Å². The molecule has 19 heavy (non-hydrogen) atoms. The molecule has 0 radical (unpaired) electrons. The van der Waals surface area contributed by atoms with Gasteiger partial charge in [-0.3, -0.25) is 4.79 Å². The van der Waals surface area contributed by atoms with Crippen molar-refractivity contribution in [2.75, 3.05) is 7.11 Å². The molecule has 0 spiro atoms. The number of thiazole rings is 1. The van der Waals surface area contributed by atoms with Crippen LogP contribution in [-0.2, 0) is 0 Å². The normalized spacial score (nSPS) is 10.5. The van der Waals surface area contributed by atoms with Crippen molar-refractivity contribution in [3.63, 3.8) is 0 Å². The lowest BCUT2D eigenvalue weighted by atomic mass is 10.2. The maximum Gasteiger partial charge on any atom is 0.172 e. The predicted octanol–water partition coefficient (Wildman–Crippen LogP) is 3.80. The van der Waals surface area contributed by atoms with Gasteiger partial charge in [0.05, 0.1) is 22.2 Å². The number of carbonyl (C=O) groups excluding carboxylic acids is 1. The van der Waals surface area contributed by atoms with Gasteiger partial charge in [0.2, 0.25) is 0 Å². The molecule has 1 heterocycles. The highest BCUT2D eigenvalue weighted by Crippen LogP contribution is 2.39. The van der Waals surface area contributed by atoms with Gasteiger partial charge in [-0.25, -0.2) is 4.98 Å². The fraction of sp³-hybridized carbons (Fsp3) is 0.231. The molecule has 2 aromatic rings. The van der Waals surface area contributed by atoms with Gasteiger partial charge in [0.25, 0.3) is 0 Å². The number of hydrogen-bond acceptors (Lipinski definition) is 5. The van der Waals surface area contributed by atoms with Crippen LogP contribution in [-0.4, -0.2) is 23.0 Å². The van der Waals surface area contributed by atoms with Crippen molar-refractivity contribution >= 4 is 33.0 Å². The number of methoxy groups -OCH3 is 1. The Morgan fingerprint density at radius 3 is 2.68 bits per heavy atom. The van der Waals surface area contributed by atoms with Crippen LogP contribution in [0.4, 0.5) is 0 Å². The number of benzene rings is 1. The van der Waals surface area contributed by atoms with E-state index in [2.05, 4.69) is 20.9 Å². The van der Waals surface area contributed by atoms with Crippen LogP contribution in [0.3, 0.4) is 0 Å². The molecule has 2 rings (SSSR count). The minimum Gasteiger partial charge on any atom is -0.503 e. The summed E-state index contributed by atoms with van der Waals surface area (Å²) in [4.78, 5) is 16.5. The molecule has 0 fully saturated rings. The zero-order chi connectivity index (χ0) is 14.2. The zero-order valence-electron chi connectivity index (χ0n) is 10.7. The molecule has 0 aliphatic heterocycles. The fourth-order valence-electron chi connectivity index (χ4n) is 1.70. The first kappa shape index (κ1) is 14.0. The average Bonchev–Trinajstić information content (AvgIpc) is 2.74. The molecule has 6 heteroatoms. The van der Waals surface area contributed by atoms with E-state index in [9.17, 15) is 9.90 Å². The summed E-state index contributed by atoms with van der Waals surface area (Å²) in [7, 11) is 1.49. The molecule has 0 amide bonds. The number of aromatic nitrogens is 1. The van der Waals surface area contributed by atoms with Crippen LogP contribution in [0.1, 0.15) is 22.3 Å². The molecule has 0 atom stereocenters. The molecule has 0 bridgehead atoms. The number of halogens is 1. The number of hydrogen-bond donors (Lipinski definition) is 1. The van der Waals surface area contributed by atoms with Crippen LogP contribution in [0.2, 0.25) is 0 Å². The first-order valence-electron chi connectivity index (χ1n) is 5.49. The van der Waals surface area contributed by atoms with E-state index in [1.165, 1.54) is 25.4 Å². The summed E-state index contributed by atoms with van der Waals surface area (Å²) in [5.74, 6) is 0.416. The third-order valence-electron chi connectivity index (χ3n) is 2.61. The Bertz CT molecular complexity index is 652. The molecule has 4 nitrogen and oxygen atoms in total. The number of carbonyl (C=O) groups is 1. The number of ether oxygens (including phenoxy) is 1. The third kappa shape index (κ3) is 2.64. The van der Waals surface area contributed by atoms with Gasteiger partial charge in [-0.15, -0.1) is 11.3 Å². The quantitative estimate of drug-likeness (QED) is 0.862. The second-order valence-corrected chi connectivity index (χ2v) is 5.85. The minimum atomic E-state index is 0.00561. The van der Waals surface area contributed by atoms with E-state index in [0.29, 0.717) is 15.1 Å². The molecule has 0 saturated heterocycles. The molecule has 0 aliphatic rings. The molecule has 0 saturated carbocycles. The number of nitrogens with zero attached hydrogens (tertiary/aromatic N) is 1. The van der Waals surface area contributed by atoms with Crippen LogP contribution in [0.15, 0.2) is 16.6 Å². The summed E-state index contributed by atoms with van der Waals surface area (Å²) in [5.41, 5.74) is 1.51. The number of ketones is 1. The first-order valence-corrected chi connectivity index (χ1v) is 7.10. The Labute approximate surface area is 123 Å². The first-order chi connectivity index (χ1) is 8.93. The van der Waals surface area contributed by atoms with Crippen molar-refractivity contribution < 1.29 is 14.6 Å². The number of phenolic OH excluding ortho intramolecular Hbond substituents is 1. The summed E-state index contributed by atoms with van der Waals surface area (Å²) >= 11 is 4.60. The van der Waals surface area contributed by atoms with Crippen LogP contribution >= 0.6 is 27.3 Å². The van der Waals surface area contributed by atoms with E-state index in [-0.39, 0.29) is 11.5 Å². The molecule has 0 aliphatic carbocycles. The van der Waals surface area contributed by atoms with Crippen molar-refractivity contribution in [3.8, 4) is 22.1 Å². The summed E-state index contributed by atoms with van der Waals surface area (Å²) < 4.78 is 5.63. The lowest BCUT2D eigenvalue weighted by Gasteiger charge is -2.07. The second-order valence-electron chi connectivity index (χ2n) is 4.00. The number of rotatable bonds is 3. The number of phenols is 1. The Morgan fingerprint density at radius 2 is 2.16 bits per heavy atom. The van der Waals surface area contributed by atoms with E-state index in [1.807, 2.05) is 6.92 Å². The Kier molecular flexibility index (Phi) is 3.91. The van der Waals surface area contributed by atoms with Crippen LogP contribution < -0.4 is 4.74 Å². The SMILES string of the molecule is COc1cc(-c2nc(C)c(C(C)=O)s2)cc(Br)c1O. The summed E-state index contributed by atoms with van der Waals surface area (Å²) in [5, 5.41) is 10.5. The van der Waals surface area contributed by atoms with Gasteiger partial charge in [0.15, 0.2) is 17.3 Å². The highest BCUT2D eigenvalue weighted by atomic mass is 79.9. The summed E-state index contributed by atoms with van der Waals surface area (Å²) in [6.07, 6.45) is 0. The fourth-order valence-corrected chi connectivity index (χ4v) is 3.09. The van der Waals surface area contributed by atoms with Gasteiger partial charge in [-0.1, -0.05) is 0 Å². The van der Waals surface area contributed by atoms with Crippen LogP contribution in [0.25, 0.3) is 10.6 Å². The number of aryl methyl sites for hydroxylation is 1. The Morgan fingerprint density at radius 1 is 1.47 bits per heavy atom. The summed E-state index contributed by atoms with van der Waals surface area (Å²) in [6, 6.07) is 3.45. The molecular weight excluding hydrogens is 330 g/mol. The summed E-state index contributed by atoms with van der Waals surface area (Å²) in [6.45, 7) is 3.33. The van der Waals surface area contributed by atoms with Crippen LogP contribution in [0.5, 0.6) is 11.5 Å². The van der Waals surface area contributed by atoms with E-state index in [0.717, 1.165) is 16.3 Å². The second kappa shape index (κ2) is 5.30. The maximum atomic E-state index is 11.5. The maximum absolute atomic E-state index is 11.5. The molecule has 1 aromatic carbocycles. The minimum absolute atomic E-state index is 0.00561. The van der Waals surface area contributed by atoms with Gasteiger partial charge < -0.3 is 9.84 Å². The van der Waals surface area contributed by atoms with Gasteiger partial charge in [-0.05, 0) is 35.0 Å². The van der Waals surface area contributed by atoms with Gasteiger partial charge in [0.1, 0.15) is 5.01 Å². The lowest BCUT2D eigenvalue weighted by molar-refractivity contribution is 0.102. The topological polar surface area (TPSA) is 59.4 Å². The van der Waals surface area contributed by atoms with Gasteiger partial charge in [-0.2, -0.15) is 0 Å². The van der Waals surface area contributed by atoms with E-state index < -0.39 is 0 Å². The number of aromatic hydroxyl groups is 1. The van der Waals surface area contributed by atoms with E-state index >= 15 is 0 Å². The van der Waals surface area contributed by atoms with E-state index in [1.54, 1.807) is 12.1 Å². The molecular formula is C13H12BrNO3S. The van der Waals surface area contributed by atoms with Gasteiger partial charge >= 0.3 is 0 Å². The molecule has 1 aromatic heterocycles. The zero-order valence-corrected chi connectivity index (χ0v) is 13.1.